The molecular weight excluding hydrogens is 380 g/mol. The predicted octanol–water partition coefficient (Wildman–Crippen LogP) is 2.30. The predicted molar refractivity (Wildman–Crippen MR) is 105 cm³/mol. The van der Waals surface area contributed by atoms with Gasteiger partial charge in [0.05, 0.1) is 11.2 Å². The first kappa shape index (κ1) is 21.7. The van der Waals surface area contributed by atoms with E-state index in [9.17, 15) is 18.0 Å². The summed E-state index contributed by atoms with van der Waals surface area (Å²) in [7, 11) is -3.85. The SMILES string of the molecule is Cc1ccc(S(=O)(=O)[C@@H](CNC(=O)C(=O)NCC(C)C)c2ccco2)cc1C. The summed E-state index contributed by atoms with van der Waals surface area (Å²) in [6.07, 6.45) is 1.37. The van der Waals surface area contributed by atoms with E-state index < -0.39 is 26.9 Å². The zero-order chi connectivity index (χ0) is 20.9. The highest BCUT2D eigenvalue weighted by molar-refractivity contribution is 7.91. The number of carbonyl (C=O) groups excluding carboxylic acids is 2. The van der Waals surface area contributed by atoms with Crippen molar-refractivity contribution in [1.82, 2.24) is 10.6 Å². The van der Waals surface area contributed by atoms with Crippen molar-refractivity contribution in [3.63, 3.8) is 0 Å². The van der Waals surface area contributed by atoms with Crippen molar-refractivity contribution >= 4 is 21.7 Å². The van der Waals surface area contributed by atoms with Gasteiger partial charge in [0.2, 0.25) is 0 Å². The first-order chi connectivity index (χ1) is 13.1. The molecule has 0 spiro atoms. The van der Waals surface area contributed by atoms with E-state index >= 15 is 0 Å². The molecule has 0 saturated carbocycles. The van der Waals surface area contributed by atoms with Crippen LogP contribution < -0.4 is 10.6 Å². The Morgan fingerprint density at radius 3 is 2.18 bits per heavy atom. The topological polar surface area (TPSA) is 105 Å². The molecule has 0 saturated heterocycles. The van der Waals surface area contributed by atoms with Crippen LogP contribution in [0.15, 0.2) is 45.9 Å². The Balaban J connectivity index is 2.22. The van der Waals surface area contributed by atoms with Crippen LogP contribution in [0.4, 0.5) is 0 Å². The lowest BCUT2D eigenvalue weighted by atomic mass is 10.1. The van der Waals surface area contributed by atoms with Gasteiger partial charge in [0.1, 0.15) is 11.0 Å². The van der Waals surface area contributed by atoms with Crippen LogP contribution in [-0.4, -0.2) is 33.3 Å². The Kier molecular flexibility index (Phi) is 7.01. The van der Waals surface area contributed by atoms with Gasteiger partial charge in [-0.2, -0.15) is 0 Å². The average molecular weight is 407 g/mol. The highest BCUT2D eigenvalue weighted by Gasteiger charge is 2.32. The summed E-state index contributed by atoms with van der Waals surface area (Å²) in [6.45, 7) is 7.61. The summed E-state index contributed by atoms with van der Waals surface area (Å²) in [5.74, 6) is -1.29. The molecule has 2 aromatic rings. The van der Waals surface area contributed by atoms with Gasteiger partial charge in [0.25, 0.3) is 0 Å². The van der Waals surface area contributed by atoms with E-state index in [0.29, 0.717) is 6.54 Å². The zero-order valence-electron chi connectivity index (χ0n) is 16.5. The van der Waals surface area contributed by atoms with Gasteiger partial charge in [-0.15, -0.1) is 0 Å². The number of furan rings is 1. The lowest BCUT2D eigenvalue weighted by Crippen LogP contribution is -2.43. The number of benzene rings is 1. The van der Waals surface area contributed by atoms with E-state index in [1.54, 1.807) is 18.2 Å². The number of nitrogens with one attached hydrogen (secondary N) is 2. The summed E-state index contributed by atoms with van der Waals surface area (Å²) in [5.41, 5.74) is 1.82. The smallest absolute Gasteiger partial charge is 0.309 e. The molecule has 0 fully saturated rings. The Labute approximate surface area is 165 Å². The van der Waals surface area contributed by atoms with Crippen LogP contribution in [0.1, 0.15) is 36.0 Å². The largest absolute Gasteiger partial charge is 0.468 e. The van der Waals surface area contributed by atoms with Crippen LogP contribution >= 0.6 is 0 Å². The molecule has 152 valence electrons. The fraction of sp³-hybridized carbons (Fsp3) is 0.400. The summed E-state index contributed by atoms with van der Waals surface area (Å²) < 4.78 is 31.7. The van der Waals surface area contributed by atoms with Crippen LogP contribution in [0.2, 0.25) is 0 Å². The van der Waals surface area contributed by atoms with Gasteiger partial charge >= 0.3 is 11.8 Å². The lowest BCUT2D eigenvalue weighted by Gasteiger charge is -2.17. The van der Waals surface area contributed by atoms with E-state index in [1.807, 2.05) is 27.7 Å². The average Bonchev–Trinajstić information content (AvgIpc) is 3.15. The van der Waals surface area contributed by atoms with Crippen molar-refractivity contribution in [1.29, 1.82) is 0 Å². The van der Waals surface area contributed by atoms with Gasteiger partial charge in [-0.3, -0.25) is 9.59 Å². The lowest BCUT2D eigenvalue weighted by molar-refractivity contribution is -0.139. The Morgan fingerprint density at radius 1 is 1.00 bits per heavy atom. The molecule has 2 amide bonds. The fourth-order valence-electron chi connectivity index (χ4n) is 2.54. The maximum absolute atomic E-state index is 13.2. The Hall–Kier alpha value is -2.61. The normalized spacial score (nSPS) is 12.6. The minimum Gasteiger partial charge on any atom is -0.468 e. The number of amides is 2. The summed E-state index contributed by atoms with van der Waals surface area (Å²) in [6, 6.07) is 7.98. The van der Waals surface area contributed by atoms with E-state index in [2.05, 4.69) is 10.6 Å². The maximum Gasteiger partial charge on any atom is 0.309 e. The van der Waals surface area contributed by atoms with Gasteiger partial charge in [-0.05, 0) is 55.2 Å². The molecule has 1 aromatic heterocycles. The van der Waals surface area contributed by atoms with Crippen molar-refractivity contribution < 1.29 is 22.4 Å². The molecule has 0 bridgehead atoms. The number of carbonyl (C=O) groups is 2. The molecule has 1 aromatic carbocycles. The summed E-state index contributed by atoms with van der Waals surface area (Å²) >= 11 is 0. The minimum atomic E-state index is -3.85. The van der Waals surface area contributed by atoms with Gasteiger partial charge in [0, 0.05) is 13.1 Å². The summed E-state index contributed by atoms with van der Waals surface area (Å²) in [5, 5.41) is 3.76. The van der Waals surface area contributed by atoms with Crippen molar-refractivity contribution in [3.8, 4) is 0 Å². The molecular formula is C20H26N2O5S. The molecule has 2 N–H and O–H groups in total. The third-order valence-corrected chi connectivity index (χ3v) is 6.43. The van der Waals surface area contributed by atoms with Crippen molar-refractivity contribution in [2.75, 3.05) is 13.1 Å². The molecule has 8 heteroatoms. The fourth-order valence-corrected chi connectivity index (χ4v) is 4.21. The van der Waals surface area contributed by atoms with Crippen molar-refractivity contribution in [2.45, 2.75) is 37.8 Å². The Bertz CT molecular complexity index is 934. The maximum atomic E-state index is 13.2. The molecule has 0 aliphatic heterocycles. The van der Waals surface area contributed by atoms with Crippen molar-refractivity contribution in [2.24, 2.45) is 5.92 Å². The molecule has 7 nitrogen and oxygen atoms in total. The first-order valence-electron chi connectivity index (χ1n) is 9.03. The highest BCUT2D eigenvalue weighted by atomic mass is 32.2. The van der Waals surface area contributed by atoms with Gasteiger partial charge in [-0.25, -0.2) is 8.42 Å². The molecule has 2 rings (SSSR count). The number of aryl methyl sites for hydroxylation is 2. The van der Waals surface area contributed by atoms with Crippen LogP contribution in [0.25, 0.3) is 0 Å². The second kappa shape index (κ2) is 9.05. The van der Waals surface area contributed by atoms with E-state index in [0.717, 1.165) is 11.1 Å². The number of rotatable bonds is 7. The standard InChI is InChI=1S/C20H26N2O5S/c1-13(2)11-21-19(23)20(24)22-12-18(17-6-5-9-27-17)28(25,26)16-8-7-14(3)15(4)10-16/h5-10,13,18H,11-12H2,1-4H3,(H,21,23)(H,22,24)/t18-/m0/s1. The third kappa shape index (κ3) is 5.22. The van der Waals surface area contributed by atoms with Crippen LogP contribution in [0.3, 0.4) is 0 Å². The quantitative estimate of drug-likeness (QED) is 0.687. The molecule has 28 heavy (non-hydrogen) atoms. The van der Waals surface area contributed by atoms with Crippen LogP contribution in [-0.2, 0) is 19.4 Å². The van der Waals surface area contributed by atoms with Gasteiger partial charge < -0.3 is 15.1 Å². The van der Waals surface area contributed by atoms with E-state index in [1.165, 1.54) is 18.4 Å². The molecule has 1 heterocycles. The second-order valence-electron chi connectivity index (χ2n) is 7.11. The highest BCUT2D eigenvalue weighted by Crippen LogP contribution is 2.29. The zero-order valence-corrected chi connectivity index (χ0v) is 17.3. The van der Waals surface area contributed by atoms with Gasteiger partial charge in [-0.1, -0.05) is 19.9 Å². The number of hydrogen-bond donors (Lipinski definition) is 2. The molecule has 0 unspecified atom stereocenters. The molecule has 0 aliphatic carbocycles. The number of sulfone groups is 1. The molecule has 1 atom stereocenters. The first-order valence-corrected chi connectivity index (χ1v) is 10.6. The third-order valence-electron chi connectivity index (χ3n) is 4.37. The molecule has 0 radical (unpaired) electrons. The molecule has 0 aliphatic rings. The number of hydrogen-bond acceptors (Lipinski definition) is 5. The minimum absolute atomic E-state index is 0.135. The van der Waals surface area contributed by atoms with Crippen molar-refractivity contribution in [3.05, 3.63) is 53.5 Å². The monoisotopic (exact) mass is 406 g/mol. The van der Waals surface area contributed by atoms with E-state index in [4.69, 9.17) is 4.42 Å². The van der Waals surface area contributed by atoms with Crippen LogP contribution in [0, 0.1) is 19.8 Å². The Morgan fingerprint density at radius 2 is 1.64 bits per heavy atom. The van der Waals surface area contributed by atoms with Gasteiger partial charge in [0.15, 0.2) is 9.84 Å². The summed E-state index contributed by atoms with van der Waals surface area (Å²) in [4.78, 5) is 24.0. The van der Waals surface area contributed by atoms with Crippen LogP contribution in [0.5, 0.6) is 0 Å². The van der Waals surface area contributed by atoms with E-state index in [-0.39, 0.29) is 23.1 Å². The second-order valence-corrected chi connectivity index (χ2v) is 9.24.